The lowest BCUT2D eigenvalue weighted by molar-refractivity contribution is 0.726. The van der Waals surface area contributed by atoms with Gasteiger partial charge in [-0.1, -0.05) is 12.8 Å². The van der Waals surface area contributed by atoms with Crippen molar-refractivity contribution < 1.29 is 0 Å². The van der Waals surface area contributed by atoms with Gasteiger partial charge in [0.15, 0.2) is 5.65 Å². The van der Waals surface area contributed by atoms with Crippen LogP contribution in [0.4, 0.5) is 5.95 Å². The lowest BCUT2D eigenvalue weighted by Crippen LogP contribution is -2.26. The second-order valence-corrected chi connectivity index (χ2v) is 4.72. The fraction of sp³-hybridized carbons (Fsp3) is 0.538. The van der Waals surface area contributed by atoms with Gasteiger partial charge in [-0.15, -0.1) is 0 Å². The van der Waals surface area contributed by atoms with Crippen LogP contribution in [0.5, 0.6) is 0 Å². The van der Waals surface area contributed by atoms with Gasteiger partial charge in [-0.3, -0.25) is 4.57 Å². The van der Waals surface area contributed by atoms with Crippen molar-refractivity contribution in [3.05, 3.63) is 18.3 Å². The number of aromatic nitrogens is 3. The monoisotopic (exact) mass is 230 g/mol. The molecule has 17 heavy (non-hydrogen) atoms. The molecule has 2 aromatic rings. The average molecular weight is 230 g/mol. The third kappa shape index (κ3) is 1.88. The van der Waals surface area contributed by atoms with Gasteiger partial charge in [0.25, 0.3) is 0 Å². The van der Waals surface area contributed by atoms with Crippen molar-refractivity contribution in [3.63, 3.8) is 0 Å². The Labute approximate surface area is 101 Å². The molecule has 0 aliphatic carbocycles. The van der Waals surface area contributed by atoms with Crippen molar-refractivity contribution in [1.29, 1.82) is 0 Å². The summed E-state index contributed by atoms with van der Waals surface area (Å²) in [5.41, 5.74) is 1.97. The maximum Gasteiger partial charge on any atom is 0.207 e. The molecular weight excluding hydrogens is 212 g/mol. The number of pyridine rings is 1. The highest BCUT2D eigenvalue weighted by Gasteiger charge is 2.16. The van der Waals surface area contributed by atoms with E-state index >= 15 is 0 Å². The van der Waals surface area contributed by atoms with Crippen molar-refractivity contribution in [2.45, 2.75) is 25.7 Å². The highest BCUT2D eigenvalue weighted by atomic mass is 15.3. The quantitative estimate of drug-likeness (QED) is 0.754. The first kappa shape index (κ1) is 10.6. The van der Waals surface area contributed by atoms with E-state index in [1.54, 1.807) is 0 Å². The molecule has 0 radical (unpaired) electrons. The second-order valence-electron chi connectivity index (χ2n) is 4.72. The van der Waals surface area contributed by atoms with Crippen molar-refractivity contribution >= 4 is 17.1 Å². The highest BCUT2D eigenvalue weighted by Crippen LogP contribution is 2.22. The van der Waals surface area contributed by atoms with Crippen LogP contribution in [0.1, 0.15) is 25.7 Å². The highest BCUT2D eigenvalue weighted by molar-refractivity contribution is 5.74. The second kappa shape index (κ2) is 4.35. The largest absolute Gasteiger partial charge is 0.342 e. The number of nitrogens with zero attached hydrogens (tertiary/aromatic N) is 4. The Balaban J connectivity index is 2.01. The number of fused-ring (bicyclic) bond motifs is 1. The minimum absolute atomic E-state index is 0.978. The minimum Gasteiger partial charge on any atom is -0.342 e. The van der Waals surface area contributed by atoms with Crippen LogP contribution < -0.4 is 4.90 Å². The fourth-order valence-electron chi connectivity index (χ4n) is 2.57. The van der Waals surface area contributed by atoms with Crippen LogP contribution in [0.3, 0.4) is 0 Å². The summed E-state index contributed by atoms with van der Waals surface area (Å²) < 4.78 is 2.11. The van der Waals surface area contributed by atoms with Crippen LogP contribution in [0.2, 0.25) is 0 Å². The summed E-state index contributed by atoms with van der Waals surface area (Å²) in [5, 5.41) is 0. The molecule has 4 nitrogen and oxygen atoms in total. The lowest BCUT2D eigenvalue weighted by Gasteiger charge is -2.20. The molecule has 90 valence electrons. The number of hydrogen-bond donors (Lipinski definition) is 0. The standard InChI is InChI=1S/C13H18N4/c1-16-12-11(7-6-8-14-12)15-13(16)17-9-4-2-3-5-10-17/h6-8H,2-5,9-10H2,1H3. The molecule has 0 atom stereocenters. The Morgan fingerprint density at radius 3 is 2.59 bits per heavy atom. The Hall–Kier alpha value is -1.58. The summed E-state index contributed by atoms with van der Waals surface area (Å²) >= 11 is 0. The zero-order chi connectivity index (χ0) is 11.7. The summed E-state index contributed by atoms with van der Waals surface area (Å²) in [5.74, 6) is 1.07. The molecule has 0 bridgehead atoms. The predicted octanol–water partition coefficient (Wildman–Crippen LogP) is 2.35. The Morgan fingerprint density at radius 2 is 1.88 bits per heavy atom. The van der Waals surface area contributed by atoms with Gasteiger partial charge < -0.3 is 4.90 Å². The van der Waals surface area contributed by atoms with Crippen LogP contribution in [-0.4, -0.2) is 27.6 Å². The molecule has 1 fully saturated rings. The number of rotatable bonds is 1. The van der Waals surface area contributed by atoms with Crippen LogP contribution >= 0.6 is 0 Å². The first-order valence-corrected chi connectivity index (χ1v) is 6.38. The summed E-state index contributed by atoms with van der Waals surface area (Å²) in [6.07, 6.45) is 7.07. The van der Waals surface area contributed by atoms with Crippen molar-refractivity contribution in [2.75, 3.05) is 18.0 Å². The van der Waals surface area contributed by atoms with Gasteiger partial charge in [0.1, 0.15) is 5.52 Å². The number of aryl methyl sites for hydroxylation is 1. The van der Waals surface area contributed by atoms with Crippen LogP contribution in [0, 0.1) is 0 Å². The molecule has 3 heterocycles. The first-order chi connectivity index (χ1) is 8.36. The molecule has 2 aromatic heterocycles. The number of anilines is 1. The zero-order valence-corrected chi connectivity index (χ0v) is 10.3. The molecule has 3 rings (SSSR count). The minimum atomic E-state index is 0.978. The van der Waals surface area contributed by atoms with Gasteiger partial charge in [0, 0.05) is 26.3 Å². The maximum atomic E-state index is 4.70. The van der Waals surface area contributed by atoms with E-state index in [2.05, 4.69) is 21.5 Å². The van der Waals surface area contributed by atoms with E-state index in [0.717, 1.165) is 30.2 Å². The summed E-state index contributed by atoms with van der Waals surface area (Å²) in [6, 6.07) is 3.98. The van der Waals surface area contributed by atoms with Crippen LogP contribution in [0.15, 0.2) is 18.3 Å². The van der Waals surface area contributed by atoms with E-state index in [1.807, 2.05) is 18.3 Å². The molecule has 1 aliphatic rings. The third-order valence-corrected chi connectivity index (χ3v) is 3.49. The van der Waals surface area contributed by atoms with Crippen LogP contribution in [-0.2, 0) is 7.05 Å². The molecule has 0 aromatic carbocycles. The van der Waals surface area contributed by atoms with E-state index in [0.29, 0.717) is 0 Å². The SMILES string of the molecule is Cn1c(N2CCCCCC2)nc2cccnc21. The molecule has 1 aliphatic heterocycles. The van der Waals surface area contributed by atoms with Crippen LogP contribution in [0.25, 0.3) is 11.2 Å². The van der Waals surface area contributed by atoms with E-state index in [-0.39, 0.29) is 0 Å². The van der Waals surface area contributed by atoms with Crippen molar-refractivity contribution in [2.24, 2.45) is 7.05 Å². The molecular formula is C13H18N4. The third-order valence-electron chi connectivity index (χ3n) is 3.49. The molecule has 1 saturated heterocycles. The smallest absolute Gasteiger partial charge is 0.207 e. The molecule has 0 saturated carbocycles. The lowest BCUT2D eigenvalue weighted by atomic mass is 10.2. The van der Waals surface area contributed by atoms with Crippen molar-refractivity contribution in [1.82, 2.24) is 14.5 Å². The number of imidazole rings is 1. The first-order valence-electron chi connectivity index (χ1n) is 6.38. The van der Waals surface area contributed by atoms with Crippen molar-refractivity contribution in [3.8, 4) is 0 Å². The molecule has 0 amide bonds. The summed E-state index contributed by atoms with van der Waals surface area (Å²) in [4.78, 5) is 11.5. The van der Waals surface area contributed by atoms with Gasteiger partial charge in [-0.2, -0.15) is 0 Å². The zero-order valence-electron chi connectivity index (χ0n) is 10.3. The van der Waals surface area contributed by atoms with Gasteiger partial charge in [-0.05, 0) is 25.0 Å². The van der Waals surface area contributed by atoms with Gasteiger partial charge in [-0.25, -0.2) is 9.97 Å². The van der Waals surface area contributed by atoms with Gasteiger partial charge >= 0.3 is 0 Å². The summed E-state index contributed by atoms with van der Waals surface area (Å²) in [7, 11) is 2.06. The predicted molar refractivity (Wildman–Crippen MR) is 69.2 cm³/mol. The summed E-state index contributed by atoms with van der Waals surface area (Å²) in [6.45, 7) is 2.24. The molecule has 4 heteroatoms. The molecule has 0 N–H and O–H groups in total. The van der Waals surface area contributed by atoms with E-state index < -0.39 is 0 Å². The van der Waals surface area contributed by atoms with E-state index in [9.17, 15) is 0 Å². The normalized spacial score (nSPS) is 17.4. The van der Waals surface area contributed by atoms with Gasteiger partial charge in [0.05, 0.1) is 0 Å². The molecule has 0 unspecified atom stereocenters. The number of hydrogen-bond acceptors (Lipinski definition) is 3. The van der Waals surface area contributed by atoms with E-state index in [1.165, 1.54) is 25.7 Å². The molecule has 0 spiro atoms. The Bertz CT molecular complexity index is 509. The average Bonchev–Trinajstić information content (AvgIpc) is 2.57. The maximum absolute atomic E-state index is 4.70. The van der Waals surface area contributed by atoms with E-state index in [4.69, 9.17) is 4.98 Å². The van der Waals surface area contributed by atoms with Gasteiger partial charge in [0.2, 0.25) is 5.95 Å². The Kier molecular flexibility index (Phi) is 2.71. The topological polar surface area (TPSA) is 34.0 Å². The fourth-order valence-corrected chi connectivity index (χ4v) is 2.57. The Morgan fingerprint density at radius 1 is 1.12 bits per heavy atom.